The van der Waals surface area contributed by atoms with Crippen molar-refractivity contribution in [1.29, 1.82) is 0 Å². The van der Waals surface area contributed by atoms with Crippen LogP contribution in [0, 0.1) is 5.41 Å². The molecule has 2 aromatic heterocycles. The Morgan fingerprint density at radius 1 is 1.11 bits per heavy atom. The molecule has 2 aliphatic heterocycles. The van der Waals surface area contributed by atoms with Crippen molar-refractivity contribution in [3.8, 4) is 0 Å². The highest BCUT2D eigenvalue weighted by Gasteiger charge is 2.33. The standard InChI is InChI=1S/C24H36N8OS2/c1-24(2)8-5-18(6-9-24)31-12-13-34-19(16-31)14-21(33)27-23-30-29-22(35-23)26-17-7-11-32(15-17)20-4-3-10-25-28-20/h3-4,10,17-19H,5-9,11-16H2,1-2H3,(H,26,29)(H,27,30,33)/t17-,19?/m1/s1. The molecule has 0 bridgehead atoms. The van der Waals surface area contributed by atoms with E-state index in [2.05, 4.69) is 54.7 Å². The number of anilines is 3. The number of nitrogens with one attached hydrogen (secondary N) is 2. The molecule has 2 saturated heterocycles. The monoisotopic (exact) mass is 516 g/mol. The molecule has 2 N–H and O–H groups in total. The first-order chi connectivity index (χ1) is 16.9. The van der Waals surface area contributed by atoms with Gasteiger partial charge in [-0.15, -0.1) is 15.3 Å². The van der Waals surface area contributed by atoms with Gasteiger partial charge in [-0.3, -0.25) is 9.69 Å². The first-order valence-electron chi connectivity index (χ1n) is 12.7. The predicted octanol–water partition coefficient (Wildman–Crippen LogP) is 3.73. The van der Waals surface area contributed by atoms with Crippen LogP contribution in [0.3, 0.4) is 0 Å². The fourth-order valence-corrected chi connectivity index (χ4v) is 7.35. The van der Waals surface area contributed by atoms with E-state index < -0.39 is 0 Å². The lowest BCUT2D eigenvalue weighted by atomic mass is 9.75. The van der Waals surface area contributed by atoms with Crippen molar-refractivity contribution in [1.82, 2.24) is 25.3 Å². The third-order valence-corrected chi connectivity index (χ3v) is 9.45. The number of rotatable bonds is 7. The minimum Gasteiger partial charge on any atom is -0.355 e. The van der Waals surface area contributed by atoms with Gasteiger partial charge in [-0.25, -0.2) is 0 Å². The van der Waals surface area contributed by atoms with Crippen LogP contribution in [0.15, 0.2) is 18.3 Å². The van der Waals surface area contributed by atoms with Gasteiger partial charge in [0.25, 0.3) is 0 Å². The molecule has 11 heteroatoms. The van der Waals surface area contributed by atoms with Crippen molar-refractivity contribution in [3.05, 3.63) is 18.3 Å². The van der Waals surface area contributed by atoms with Gasteiger partial charge in [0.05, 0.1) is 0 Å². The van der Waals surface area contributed by atoms with E-state index in [9.17, 15) is 4.79 Å². The molecule has 3 fully saturated rings. The summed E-state index contributed by atoms with van der Waals surface area (Å²) < 4.78 is 0. The molecular formula is C24H36N8OS2. The number of thioether (sulfide) groups is 1. The molecule has 2 atom stereocenters. The van der Waals surface area contributed by atoms with Crippen LogP contribution in [0.2, 0.25) is 0 Å². The Bertz CT molecular complexity index is 977. The van der Waals surface area contributed by atoms with Gasteiger partial charge in [-0.1, -0.05) is 25.2 Å². The smallest absolute Gasteiger partial charge is 0.227 e. The summed E-state index contributed by atoms with van der Waals surface area (Å²) in [4.78, 5) is 17.6. The topological polar surface area (TPSA) is 99.2 Å². The number of nitrogens with zero attached hydrogens (tertiary/aromatic N) is 6. The molecule has 0 aromatic carbocycles. The Balaban J connectivity index is 1.06. The largest absolute Gasteiger partial charge is 0.355 e. The Kier molecular flexibility index (Phi) is 7.74. The van der Waals surface area contributed by atoms with Crippen molar-refractivity contribution in [2.24, 2.45) is 5.41 Å². The summed E-state index contributed by atoms with van der Waals surface area (Å²) in [5.41, 5.74) is 0.490. The molecule has 35 heavy (non-hydrogen) atoms. The van der Waals surface area contributed by atoms with Crippen LogP contribution in [-0.2, 0) is 4.79 Å². The van der Waals surface area contributed by atoms with Crippen molar-refractivity contribution in [2.45, 2.75) is 69.7 Å². The summed E-state index contributed by atoms with van der Waals surface area (Å²) in [7, 11) is 0. The molecule has 3 aliphatic rings. The van der Waals surface area contributed by atoms with E-state index in [0.29, 0.717) is 28.3 Å². The summed E-state index contributed by atoms with van der Waals surface area (Å²) >= 11 is 3.33. The van der Waals surface area contributed by atoms with E-state index in [-0.39, 0.29) is 11.9 Å². The number of amides is 1. The second-order valence-corrected chi connectivity index (χ2v) is 13.1. The van der Waals surface area contributed by atoms with Gasteiger partial charge in [0.15, 0.2) is 5.82 Å². The number of carbonyl (C=O) groups excluding carboxylic acids is 1. The highest BCUT2D eigenvalue weighted by molar-refractivity contribution is 8.00. The molecule has 5 rings (SSSR count). The third kappa shape index (κ3) is 6.62. The first kappa shape index (κ1) is 24.7. The van der Waals surface area contributed by atoms with Crippen LogP contribution < -0.4 is 15.5 Å². The number of aromatic nitrogens is 4. The molecule has 9 nitrogen and oxygen atoms in total. The van der Waals surface area contributed by atoms with Gasteiger partial charge in [-0.05, 0) is 49.7 Å². The quantitative estimate of drug-likeness (QED) is 0.570. The van der Waals surface area contributed by atoms with Gasteiger partial charge in [-0.2, -0.15) is 16.9 Å². The molecule has 0 spiro atoms. The average Bonchev–Trinajstić information content (AvgIpc) is 3.49. The summed E-state index contributed by atoms with van der Waals surface area (Å²) in [6.45, 7) is 8.70. The molecular weight excluding hydrogens is 480 g/mol. The minimum atomic E-state index is 0.0338. The lowest BCUT2D eigenvalue weighted by Gasteiger charge is -2.43. The van der Waals surface area contributed by atoms with Crippen molar-refractivity contribution in [3.63, 3.8) is 0 Å². The summed E-state index contributed by atoms with van der Waals surface area (Å²) in [5.74, 6) is 2.04. The first-order valence-corrected chi connectivity index (χ1v) is 14.6. The summed E-state index contributed by atoms with van der Waals surface area (Å²) in [5, 5.41) is 24.7. The van der Waals surface area contributed by atoms with Gasteiger partial charge >= 0.3 is 0 Å². The van der Waals surface area contributed by atoms with Crippen molar-refractivity contribution >= 4 is 45.1 Å². The Hall–Kier alpha value is -1.98. The SMILES string of the molecule is CC1(C)CCC(N2CCSC(CC(=O)Nc3nnc(N[C@@H]4CCN(c5cccnn5)C4)s3)C2)CC1. The van der Waals surface area contributed by atoms with Gasteiger partial charge in [0.1, 0.15) is 0 Å². The summed E-state index contributed by atoms with van der Waals surface area (Å²) in [6.07, 6.45) is 8.39. The molecule has 1 aliphatic carbocycles. The maximum absolute atomic E-state index is 12.8. The fourth-order valence-electron chi connectivity index (χ4n) is 5.38. The normalized spacial score (nSPS) is 25.5. The van der Waals surface area contributed by atoms with E-state index in [0.717, 1.165) is 49.3 Å². The number of hydrogen-bond acceptors (Lipinski definition) is 10. The second kappa shape index (κ2) is 11.0. The predicted molar refractivity (Wildman–Crippen MR) is 143 cm³/mol. The lowest BCUT2D eigenvalue weighted by Crippen LogP contribution is -2.47. The van der Waals surface area contributed by atoms with Crippen molar-refractivity contribution in [2.75, 3.05) is 47.5 Å². The van der Waals surface area contributed by atoms with E-state index in [1.165, 1.54) is 37.0 Å². The molecule has 2 aromatic rings. The molecule has 4 heterocycles. The fraction of sp³-hybridized carbons (Fsp3) is 0.708. The Labute approximate surface area is 215 Å². The molecule has 1 amide bonds. The minimum absolute atomic E-state index is 0.0338. The Morgan fingerprint density at radius 2 is 1.94 bits per heavy atom. The van der Waals surface area contributed by atoms with Crippen molar-refractivity contribution < 1.29 is 4.79 Å². The van der Waals surface area contributed by atoms with E-state index >= 15 is 0 Å². The Morgan fingerprint density at radius 3 is 2.74 bits per heavy atom. The van der Waals surface area contributed by atoms with Gasteiger partial charge in [0, 0.05) is 61.9 Å². The summed E-state index contributed by atoms with van der Waals surface area (Å²) in [6, 6.07) is 4.84. The van der Waals surface area contributed by atoms with E-state index in [1.54, 1.807) is 6.20 Å². The molecule has 1 unspecified atom stereocenters. The third-order valence-electron chi connectivity index (χ3n) is 7.48. The maximum atomic E-state index is 12.8. The van der Waals surface area contributed by atoms with Gasteiger partial charge < -0.3 is 15.5 Å². The maximum Gasteiger partial charge on any atom is 0.227 e. The van der Waals surface area contributed by atoms with Gasteiger partial charge in [0.2, 0.25) is 16.2 Å². The second-order valence-electron chi connectivity index (χ2n) is 10.7. The van der Waals surface area contributed by atoms with Crippen LogP contribution in [0.25, 0.3) is 0 Å². The van der Waals surface area contributed by atoms with Crippen LogP contribution in [0.5, 0.6) is 0 Å². The zero-order valence-electron chi connectivity index (χ0n) is 20.7. The average molecular weight is 517 g/mol. The van der Waals surface area contributed by atoms with Crippen LogP contribution in [0.4, 0.5) is 16.1 Å². The van der Waals surface area contributed by atoms with E-state index in [4.69, 9.17) is 0 Å². The zero-order valence-corrected chi connectivity index (χ0v) is 22.3. The molecule has 1 saturated carbocycles. The number of carbonyl (C=O) groups is 1. The molecule has 0 radical (unpaired) electrons. The van der Waals surface area contributed by atoms with E-state index in [1.807, 2.05) is 23.9 Å². The highest BCUT2D eigenvalue weighted by Crippen LogP contribution is 2.38. The lowest BCUT2D eigenvalue weighted by molar-refractivity contribution is -0.116. The highest BCUT2D eigenvalue weighted by atomic mass is 32.2. The van der Waals surface area contributed by atoms with Crippen LogP contribution >= 0.6 is 23.1 Å². The zero-order chi connectivity index (χ0) is 24.3. The van der Waals surface area contributed by atoms with Crippen LogP contribution in [-0.4, -0.2) is 80.5 Å². The number of hydrogen-bond donors (Lipinski definition) is 2. The van der Waals surface area contributed by atoms with Crippen LogP contribution in [0.1, 0.15) is 52.4 Å². The molecule has 190 valence electrons.